The van der Waals surface area contributed by atoms with Crippen LogP contribution in [0, 0.1) is 19.8 Å². The van der Waals surface area contributed by atoms with Gasteiger partial charge in [0, 0.05) is 29.4 Å². The minimum absolute atomic E-state index is 0.0838. The summed E-state index contributed by atoms with van der Waals surface area (Å²) in [6, 6.07) is 1.88. The van der Waals surface area contributed by atoms with Gasteiger partial charge >= 0.3 is 0 Å². The lowest BCUT2D eigenvalue weighted by atomic mass is 9.92. The first-order valence-corrected chi connectivity index (χ1v) is 8.90. The molecule has 0 aromatic carbocycles. The lowest BCUT2D eigenvalue weighted by Crippen LogP contribution is -2.20. The number of nitrogens with zero attached hydrogens (tertiary/aromatic N) is 4. The molecule has 1 amide bonds. The molecule has 3 rings (SSSR count). The van der Waals surface area contributed by atoms with Gasteiger partial charge in [-0.2, -0.15) is 5.10 Å². The normalized spacial score (nSPS) is 14.6. The summed E-state index contributed by atoms with van der Waals surface area (Å²) in [5.74, 6) is 1.01. The number of anilines is 1. The second-order valence-corrected chi connectivity index (χ2v) is 8.02. The Kier molecular flexibility index (Phi) is 4.62. The second-order valence-electron chi connectivity index (χ2n) is 8.02. The number of nitrogens with one attached hydrogen (secondary N) is 1. The summed E-state index contributed by atoms with van der Waals surface area (Å²) in [5.41, 5.74) is 3.84. The maximum atomic E-state index is 12.5. The van der Waals surface area contributed by atoms with Crippen LogP contribution in [0.25, 0.3) is 0 Å². The highest BCUT2D eigenvalue weighted by Gasteiger charge is 2.24. The Morgan fingerprint density at radius 3 is 2.68 bits per heavy atom. The number of hydrogen-bond acceptors (Lipinski definition) is 4. The SMILES string of the molecule is Cc1nn(CC2CC2)c(C)c1CC(=O)Nc1nccc(C(C)(C)C)n1. The molecule has 2 heterocycles. The van der Waals surface area contributed by atoms with Gasteiger partial charge in [0.05, 0.1) is 17.8 Å². The first kappa shape index (κ1) is 17.6. The molecule has 1 aliphatic rings. The summed E-state index contributed by atoms with van der Waals surface area (Å²) in [6.07, 6.45) is 4.56. The van der Waals surface area contributed by atoms with Crippen LogP contribution in [-0.2, 0) is 23.2 Å². The Bertz CT molecular complexity index is 784. The zero-order valence-electron chi connectivity index (χ0n) is 15.8. The maximum Gasteiger partial charge on any atom is 0.231 e. The number of carbonyl (C=O) groups is 1. The molecule has 6 heteroatoms. The van der Waals surface area contributed by atoms with Crippen LogP contribution in [0.5, 0.6) is 0 Å². The molecule has 2 aromatic heterocycles. The highest BCUT2D eigenvalue weighted by Crippen LogP contribution is 2.31. The smallest absolute Gasteiger partial charge is 0.231 e. The molecule has 1 saturated carbocycles. The lowest BCUT2D eigenvalue weighted by molar-refractivity contribution is -0.115. The topological polar surface area (TPSA) is 72.7 Å². The van der Waals surface area contributed by atoms with Gasteiger partial charge in [-0.05, 0) is 38.7 Å². The largest absolute Gasteiger partial charge is 0.294 e. The molecule has 134 valence electrons. The molecule has 1 N–H and O–H groups in total. The van der Waals surface area contributed by atoms with Crippen molar-refractivity contribution in [3.63, 3.8) is 0 Å². The highest BCUT2D eigenvalue weighted by molar-refractivity contribution is 5.90. The van der Waals surface area contributed by atoms with Crippen molar-refractivity contribution in [2.45, 2.75) is 65.8 Å². The first-order chi connectivity index (χ1) is 11.7. The van der Waals surface area contributed by atoms with E-state index in [0.29, 0.717) is 12.4 Å². The van der Waals surface area contributed by atoms with Crippen LogP contribution < -0.4 is 5.32 Å². The van der Waals surface area contributed by atoms with Gasteiger partial charge in [0.1, 0.15) is 0 Å². The first-order valence-electron chi connectivity index (χ1n) is 8.90. The lowest BCUT2D eigenvalue weighted by Gasteiger charge is -2.17. The molecule has 1 fully saturated rings. The van der Waals surface area contributed by atoms with Gasteiger partial charge in [0.2, 0.25) is 11.9 Å². The molecule has 1 aliphatic carbocycles. The summed E-state index contributed by atoms with van der Waals surface area (Å²) >= 11 is 0. The van der Waals surface area contributed by atoms with Crippen molar-refractivity contribution in [3.8, 4) is 0 Å². The van der Waals surface area contributed by atoms with Crippen LogP contribution in [0.1, 0.15) is 56.3 Å². The van der Waals surface area contributed by atoms with E-state index in [4.69, 9.17) is 0 Å². The minimum Gasteiger partial charge on any atom is -0.294 e. The Balaban J connectivity index is 1.70. The van der Waals surface area contributed by atoms with Crippen LogP contribution in [0.2, 0.25) is 0 Å². The van der Waals surface area contributed by atoms with Crippen molar-refractivity contribution in [1.29, 1.82) is 0 Å². The van der Waals surface area contributed by atoms with Crippen LogP contribution in [0.4, 0.5) is 5.95 Å². The fourth-order valence-corrected chi connectivity index (χ4v) is 2.88. The van der Waals surface area contributed by atoms with Crippen LogP contribution in [-0.4, -0.2) is 25.7 Å². The second kappa shape index (κ2) is 6.58. The van der Waals surface area contributed by atoms with Crippen molar-refractivity contribution in [3.05, 3.63) is 34.9 Å². The van der Waals surface area contributed by atoms with E-state index in [-0.39, 0.29) is 11.3 Å². The number of amides is 1. The van der Waals surface area contributed by atoms with E-state index < -0.39 is 0 Å². The van der Waals surface area contributed by atoms with E-state index in [1.165, 1.54) is 12.8 Å². The summed E-state index contributed by atoms with van der Waals surface area (Å²) in [4.78, 5) is 21.1. The molecule has 0 aliphatic heterocycles. The van der Waals surface area contributed by atoms with Crippen molar-refractivity contribution >= 4 is 11.9 Å². The maximum absolute atomic E-state index is 12.5. The van der Waals surface area contributed by atoms with Gasteiger partial charge in [0.25, 0.3) is 0 Å². The molecule has 0 unspecified atom stereocenters. The summed E-state index contributed by atoms with van der Waals surface area (Å²) in [5, 5.41) is 7.42. The van der Waals surface area contributed by atoms with E-state index in [2.05, 4.69) is 41.2 Å². The molecule has 0 bridgehead atoms. The number of rotatable bonds is 5. The number of carbonyl (C=O) groups excluding carboxylic acids is 1. The molecule has 25 heavy (non-hydrogen) atoms. The van der Waals surface area contributed by atoms with E-state index in [1.54, 1.807) is 6.20 Å². The average molecular weight is 341 g/mol. The Hall–Kier alpha value is -2.24. The predicted octanol–water partition coefficient (Wildman–Crippen LogP) is 3.18. The monoisotopic (exact) mass is 341 g/mol. The third-order valence-corrected chi connectivity index (χ3v) is 4.67. The summed E-state index contributed by atoms with van der Waals surface area (Å²) in [6.45, 7) is 11.2. The number of aryl methyl sites for hydroxylation is 1. The third kappa shape index (κ3) is 4.24. The predicted molar refractivity (Wildman–Crippen MR) is 97.5 cm³/mol. The van der Waals surface area contributed by atoms with Crippen LogP contribution in [0.3, 0.4) is 0 Å². The van der Waals surface area contributed by atoms with Gasteiger partial charge in [-0.3, -0.25) is 14.8 Å². The summed E-state index contributed by atoms with van der Waals surface area (Å²) < 4.78 is 2.05. The fourth-order valence-electron chi connectivity index (χ4n) is 2.88. The zero-order valence-corrected chi connectivity index (χ0v) is 15.8. The summed E-state index contributed by atoms with van der Waals surface area (Å²) in [7, 11) is 0. The van der Waals surface area contributed by atoms with Crippen molar-refractivity contribution in [1.82, 2.24) is 19.7 Å². The number of hydrogen-bond donors (Lipinski definition) is 1. The minimum atomic E-state index is -0.108. The Morgan fingerprint density at radius 1 is 1.32 bits per heavy atom. The quantitative estimate of drug-likeness (QED) is 0.906. The third-order valence-electron chi connectivity index (χ3n) is 4.67. The fraction of sp³-hybridized carbons (Fsp3) is 0.579. The van der Waals surface area contributed by atoms with Crippen LogP contribution >= 0.6 is 0 Å². The highest BCUT2D eigenvalue weighted by atomic mass is 16.1. The standard InChI is InChI=1S/C19H27N5O/c1-12-15(13(2)24(23-12)11-14-6-7-14)10-17(25)22-18-20-9-8-16(21-18)19(3,4)5/h8-9,14H,6-7,10-11H2,1-5H3,(H,20,21,22,25). The Morgan fingerprint density at radius 2 is 2.04 bits per heavy atom. The average Bonchev–Trinajstić information content (AvgIpc) is 3.30. The van der Waals surface area contributed by atoms with Crippen molar-refractivity contribution in [2.24, 2.45) is 5.92 Å². The molecule has 0 radical (unpaired) electrons. The van der Waals surface area contributed by atoms with Crippen LogP contribution in [0.15, 0.2) is 12.3 Å². The van der Waals surface area contributed by atoms with E-state index in [0.717, 1.165) is 35.1 Å². The van der Waals surface area contributed by atoms with Gasteiger partial charge in [-0.25, -0.2) is 9.97 Å². The van der Waals surface area contributed by atoms with Gasteiger partial charge in [-0.15, -0.1) is 0 Å². The molecule has 2 aromatic rings. The Labute approximate surface area is 149 Å². The number of aromatic nitrogens is 4. The van der Waals surface area contributed by atoms with Crippen molar-refractivity contribution in [2.75, 3.05) is 5.32 Å². The molecule has 0 saturated heterocycles. The zero-order chi connectivity index (χ0) is 18.2. The molecule has 0 atom stereocenters. The molecular weight excluding hydrogens is 314 g/mol. The van der Waals surface area contributed by atoms with E-state index >= 15 is 0 Å². The molecular formula is C19H27N5O. The van der Waals surface area contributed by atoms with E-state index in [9.17, 15) is 4.79 Å². The molecule has 6 nitrogen and oxygen atoms in total. The molecule has 0 spiro atoms. The van der Waals surface area contributed by atoms with Gasteiger partial charge in [0.15, 0.2) is 0 Å². The van der Waals surface area contributed by atoms with Gasteiger partial charge < -0.3 is 0 Å². The van der Waals surface area contributed by atoms with Gasteiger partial charge in [-0.1, -0.05) is 20.8 Å². The van der Waals surface area contributed by atoms with E-state index in [1.807, 2.05) is 24.6 Å². The van der Waals surface area contributed by atoms with Crippen molar-refractivity contribution < 1.29 is 4.79 Å².